The van der Waals surface area contributed by atoms with Crippen molar-refractivity contribution >= 4 is 11.6 Å². The highest BCUT2D eigenvalue weighted by molar-refractivity contribution is 5.97. The predicted molar refractivity (Wildman–Crippen MR) is 71.7 cm³/mol. The normalized spacial score (nSPS) is 16.3. The van der Waals surface area contributed by atoms with Crippen LogP contribution >= 0.6 is 0 Å². The first-order chi connectivity index (χ1) is 8.67. The zero-order valence-corrected chi connectivity index (χ0v) is 11.0. The third-order valence-corrected chi connectivity index (χ3v) is 3.39. The van der Waals surface area contributed by atoms with Gasteiger partial charge in [-0.1, -0.05) is 17.7 Å². The van der Waals surface area contributed by atoms with Crippen molar-refractivity contribution in [1.82, 2.24) is 0 Å². The second-order valence-corrected chi connectivity index (χ2v) is 4.69. The van der Waals surface area contributed by atoms with Crippen LogP contribution in [-0.2, 0) is 16.0 Å². The Bertz CT molecular complexity index is 441. The number of nitrogens with two attached hydrogens (primary N) is 1. The molecule has 0 radical (unpaired) electrons. The summed E-state index contributed by atoms with van der Waals surface area (Å²) in [5.74, 6) is -0.0372. The molecule has 0 aromatic heterocycles. The largest absolute Gasteiger partial charge is 0.370 e. The number of ether oxygens (including phenoxy) is 1. The lowest BCUT2D eigenvalue weighted by molar-refractivity contribution is -0.127. The van der Waals surface area contributed by atoms with Crippen LogP contribution in [0.25, 0.3) is 0 Å². The van der Waals surface area contributed by atoms with Gasteiger partial charge in [0.05, 0.1) is 0 Å². The van der Waals surface area contributed by atoms with E-state index < -0.39 is 6.10 Å². The van der Waals surface area contributed by atoms with Crippen LogP contribution in [0.4, 0.5) is 5.69 Å². The molecule has 2 rings (SSSR count). The van der Waals surface area contributed by atoms with Gasteiger partial charge in [0.1, 0.15) is 6.10 Å². The minimum absolute atomic E-state index is 0.0372. The van der Waals surface area contributed by atoms with Crippen molar-refractivity contribution in [3.8, 4) is 0 Å². The number of carbonyl (C=O) groups excluding carboxylic acids is 1. The highest BCUT2D eigenvalue weighted by atomic mass is 16.5. The molecule has 4 nitrogen and oxygen atoms in total. The molecule has 0 aliphatic carbocycles. The molecule has 1 atom stereocenters. The monoisotopic (exact) mass is 248 g/mol. The zero-order valence-electron chi connectivity index (χ0n) is 11.0. The third-order valence-electron chi connectivity index (χ3n) is 3.39. The first-order valence-electron chi connectivity index (χ1n) is 6.31. The van der Waals surface area contributed by atoms with Crippen LogP contribution in [0.2, 0.25) is 0 Å². The minimum atomic E-state index is -0.544. The summed E-state index contributed by atoms with van der Waals surface area (Å²) in [5, 5.41) is 0. The molecule has 1 heterocycles. The Morgan fingerprint density at radius 1 is 1.56 bits per heavy atom. The van der Waals surface area contributed by atoms with Crippen LogP contribution in [0.5, 0.6) is 0 Å². The SMILES string of the molecule is COC(CN)C(=O)N1CCCc2cc(C)ccc21. The van der Waals surface area contributed by atoms with Gasteiger partial charge >= 0.3 is 0 Å². The van der Waals surface area contributed by atoms with Crippen molar-refractivity contribution < 1.29 is 9.53 Å². The maximum Gasteiger partial charge on any atom is 0.257 e. The van der Waals surface area contributed by atoms with Crippen LogP contribution in [0.15, 0.2) is 18.2 Å². The number of benzene rings is 1. The molecule has 0 saturated heterocycles. The van der Waals surface area contributed by atoms with Gasteiger partial charge in [0.2, 0.25) is 0 Å². The molecule has 2 N–H and O–H groups in total. The number of rotatable bonds is 3. The quantitative estimate of drug-likeness (QED) is 0.876. The molecule has 1 aliphatic heterocycles. The van der Waals surface area contributed by atoms with E-state index in [-0.39, 0.29) is 12.5 Å². The van der Waals surface area contributed by atoms with Gasteiger partial charge in [-0.3, -0.25) is 4.79 Å². The van der Waals surface area contributed by atoms with Gasteiger partial charge in [-0.2, -0.15) is 0 Å². The number of carbonyl (C=O) groups is 1. The van der Waals surface area contributed by atoms with Crippen LogP contribution in [-0.4, -0.2) is 32.2 Å². The molecular formula is C14H20N2O2. The highest BCUT2D eigenvalue weighted by Gasteiger charge is 2.27. The lowest BCUT2D eigenvalue weighted by Gasteiger charge is -2.31. The van der Waals surface area contributed by atoms with Crippen LogP contribution in [0.3, 0.4) is 0 Å². The third kappa shape index (κ3) is 2.40. The fourth-order valence-corrected chi connectivity index (χ4v) is 2.43. The van der Waals surface area contributed by atoms with E-state index >= 15 is 0 Å². The van der Waals surface area contributed by atoms with Gasteiger partial charge in [0, 0.05) is 25.9 Å². The summed E-state index contributed by atoms with van der Waals surface area (Å²) in [6.07, 6.45) is 1.47. The summed E-state index contributed by atoms with van der Waals surface area (Å²) in [4.78, 5) is 14.1. The smallest absolute Gasteiger partial charge is 0.257 e. The van der Waals surface area contributed by atoms with Gasteiger partial charge in [0.25, 0.3) is 5.91 Å². The number of hydrogen-bond acceptors (Lipinski definition) is 3. The maximum absolute atomic E-state index is 12.3. The number of hydrogen-bond donors (Lipinski definition) is 1. The molecule has 1 aliphatic rings. The molecule has 1 amide bonds. The van der Waals surface area contributed by atoms with Gasteiger partial charge in [-0.05, 0) is 31.4 Å². The molecule has 4 heteroatoms. The van der Waals surface area contributed by atoms with E-state index in [1.165, 1.54) is 18.2 Å². The maximum atomic E-state index is 12.3. The molecule has 0 fully saturated rings. The summed E-state index contributed by atoms with van der Waals surface area (Å²) < 4.78 is 5.14. The summed E-state index contributed by atoms with van der Waals surface area (Å²) in [6.45, 7) is 3.03. The Labute approximate surface area is 108 Å². The Kier molecular flexibility index (Phi) is 3.99. The number of amides is 1. The van der Waals surface area contributed by atoms with Crippen molar-refractivity contribution in [2.24, 2.45) is 5.73 Å². The molecule has 18 heavy (non-hydrogen) atoms. The van der Waals surface area contributed by atoms with Crippen molar-refractivity contribution in [1.29, 1.82) is 0 Å². The highest BCUT2D eigenvalue weighted by Crippen LogP contribution is 2.28. The van der Waals surface area contributed by atoms with Crippen molar-refractivity contribution in [3.05, 3.63) is 29.3 Å². The molecule has 0 bridgehead atoms. The summed E-state index contributed by atoms with van der Waals surface area (Å²) in [7, 11) is 1.52. The molecule has 1 aromatic carbocycles. The summed E-state index contributed by atoms with van der Waals surface area (Å²) in [6, 6.07) is 6.21. The Morgan fingerprint density at radius 2 is 2.33 bits per heavy atom. The molecular weight excluding hydrogens is 228 g/mol. The van der Waals surface area contributed by atoms with Gasteiger partial charge in [-0.25, -0.2) is 0 Å². The fourth-order valence-electron chi connectivity index (χ4n) is 2.43. The standard InChI is InChI=1S/C14H20N2O2/c1-10-5-6-12-11(8-10)4-3-7-16(12)14(17)13(9-15)18-2/h5-6,8,13H,3-4,7,9,15H2,1-2H3. The predicted octanol–water partition coefficient (Wildman–Crippen LogP) is 1.25. The van der Waals surface area contributed by atoms with E-state index in [9.17, 15) is 4.79 Å². The average molecular weight is 248 g/mol. The number of methoxy groups -OCH3 is 1. The topological polar surface area (TPSA) is 55.6 Å². The number of aryl methyl sites for hydroxylation is 2. The molecule has 0 saturated carbocycles. The van der Waals surface area contributed by atoms with Gasteiger partial charge in [-0.15, -0.1) is 0 Å². The summed E-state index contributed by atoms with van der Waals surface area (Å²) in [5.41, 5.74) is 9.03. The number of fused-ring (bicyclic) bond motifs is 1. The van der Waals surface area contributed by atoms with Crippen molar-refractivity contribution in [2.45, 2.75) is 25.9 Å². The Morgan fingerprint density at radius 3 is 3.00 bits per heavy atom. The molecule has 1 aromatic rings. The van der Waals surface area contributed by atoms with E-state index in [0.717, 1.165) is 25.1 Å². The lowest BCUT2D eigenvalue weighted by Crippen LogP contribution is -2.45. The summed E-state index contributed by atoms with van der Waals surface area (Å²) >= 11 is 0. The van der Waals surface area contributed by atoms with E-state index in [1.807, 2.05) is 12.1 Å². The van der Waals surface area contributed by atoms with Gasteiger partial charge < -0.3 is 15.4 Å². The van der Waals surface area contributed by atoms with E-state index in [1.54, 1.807) is 4.90 Å². The van der Waals surface area contributed by atoms with E-state index in [0.29, 0.717) is 0 Å². The van der Waals surface area contributed by atoms with E-state index in [2.05, 4.69) is 13.0 Å². The van der Waals surface area contributed by atoms with Crippen molar-refractivity contribution in [3.63, 3.8) is 0 Å². The zero-order chi connectivity index (χ0) is 13.1. The first kappa shape index (κ1) is 13.1. The number of nitrogens with zero attached hydrogens (tertiary/aromatic N) is 1. The first-order valence-corrected chi connectivity index (χ1v) is 6.31. The Hall–Kier alpha value is -1.39. The van der Waals surface area contributed by atoms with Gasteiger partial charge in [0.15, 0.2) is 0 Å². The molecule has 1 unspecified atom stereocenters. The van der Waals surface area contributed by atoms with Crippen LogP contribution in [0.1, 0.15) is 17.5 Å². The molecule has 0 spiro atoms. The fraction of sp³-hybridized carbons (Fsp3) is 0.500. The van der Waals surface area contributed by atoms with Crippen LogP contribution < -0.4 is 10.6 Å². The Balaban J connectivity index is 2.30. The lowest BCUT2D eigenvalue weighted by atomic mass is 9.99. The van der Waals surface area contributed by atoms with Crippen molar-refractivity contribution in [2.75, 3.05) is 25.1 Å². The number of anilines is 1. The second kappa shape index (κ2) is 5.50. The average Bonchev–Trinajstić information content (AvgIpc) is 2.39. The molecule has 98 valence electrons. The van der Waals surface area contributed by atoms with Crippen LogP contribution in [0, 0.1) is 6.92 Å². The minimum Gasteiger partial charge on any atom is -0.370 e. The second-order valence-electron chi connectivity index (χ2n) is 4.69. The van der Waals surface area contributed by atoms with E-state index in [4.69, 9.17) is 10.5 Å².